The second kappa shape index (κ2) is 4.83. The number of aryl methyl sites for hydroxylation is 1. The van der Waals surface area contributed by atoms with Gasteiger partial charge in [-0.1, -0.05) is 6.07 Å². The second-order valence-corrected chi connectivity index (χ2v) is 5.49. The number of nitro groups is 1. The van der Waals surface area contributed by atoms with Crippen molar-refractivity contribution in [3.05, 3.63) is 33.9 Å². The highest BCUT2D eigenvalue weighted by atomic mass is 16.6. The molecule has 1 aromatic carbocycles. The SMILES string of the molecule is Cc1ccc(NC2CC(=O)N(C3CC3)C2=O)cc1[N+](=O)[O-]. The van der Waals surface area contributed by atoms with Crippen LogP contribution in [-0.2, 0) is 9.59 Å². The summed E-state index contributed by atoms with van der Waals surface area (Å²) in [4.78, 5) is 35.8. The second-order valence-electron chi connectivity index (χ2n) is 5.49. The topological polar surface area (TPSA) is 92.6 Å². The smallest absolute Gasteiger partial charge is 0.274 e. The van der Waals surface area contributed by atoms with E-state index in [9.17, 15) is 19.7 Å². The van der Waals surface area contributed by atoms with E-state index in [1.165, 1.54) is 11.0 Å². The maximum Gasteiger partial charge on any atom is 0.274 e. The molecular formula is C14H15N3O4. The van der Waals surface area contributed by atoms with E-state index in [2.05, 4.69) is 5.32 Å². The van der Waals surface area contributed by atoms with Crippen LogP contribution in [0.5, 0.6) is 0 Å². The van der Waals surface area contributed by atoms with Crippen LogP contribution in [0.15, 0.2) is 18.2 Å². The lowest BCUT2D eigenvalue weighted by molar-refractivity contribution is -0.385. The van der Waals surface area contributed by atoms with E-state index in [4.69, 9.17) is 0 Å². The average molecular weight is 289 g/mol. The highest BCUT2D eigenvalue weighted by molar-refractivity contribution is 6.07. The fourth-order valence-corrected chi connectivity index (χ4v) is 2.58. The van der Waals surface area contributed by atoms with Gasteiger partial charge in [0.15, 0.2) is 0 Å². The molecule has 110 valence electrons. The Morgan fingerprint density at radius 3 is 2.67 bits per heavy atom. The van der Waals surface area contributed by atoms with Gasteiger partial charge in [-0.25, -0.2) is 0 Å². The number of hydrogen-bond acceptors (Lipinski definition) is 5. The molecule has 1 heterocycles. The summed E-state index contributed by atoms with van der Waals surface area (Å²) >= 11 is 0. The van der Waals surface area contributed by atoms with Crippen LogP contribution < -0.4 is 5.32 Å². The molecule has 1 aliphatic carbocycles. The Labute approximate surface area is 121 Å². The van der Waals surface area contributed by atoms with E-state index in [0.29, 0.717) is 11.3 Å². The Morgan fingerprint density at radius 1 is 1.33 bits per heavy atom. The average Bonchev–Trinajstić information content (AvgIpc) is 3.20. The molecule has 1 aromatic rings. The van der Waals surface area contributed by atoms with E-state index >= 15 is 0 Å². The fourth-order valence-electron chi connectivity index (χ4n) is 2.58. The Bertz CT molecular complexity index is 639. The molecule has 1 unspecified atom stereocenters. The summed E-state index contributed by atoms with van der Waals surface area (Å²) in [6.45, 7) is 1.65. The molecule has 1 atom stereocenters. The fraction of sp³-hybridized carbons (Fsp3) is 0.429. The van der Waals surface area contributed by atoms with Crippen molar-refractivity contribution >= 4 is 23.2 Å². The summed E-state index contributed by atoms with van der Waals surface area (Å²) in [5.41, 5.74) is 1.03. The molecule has 0 bridgehead atoms. The molecular weight excluding hydrogens is 274 g/mol. The first kappa shape index (κ1) is 13.5. The number of hydrogen-bond donors (Lipinski definition) is 1. The molecule has 1 aliphatic heterocycles. The number of carbonyl (C=O) groups excluding carboxylic acids is 2. The largest absolute Gasteiger partial charge is 0.373 e. The predicted octanol–water partition coefficient (Wildman–Crippen LogP) is 1.61. The van der Waals surface area contributed by atoms with E-state index < -0.39 is 11.0 Å². The monoisotopic (exact) mass is 289 g/mol. The number of nitro benzene ring substituents is 1. The van der Waals surface area contributed by atoms with Crippen molar-refractivity contribution in [1.29, 1.82) is 0 Å². The van der Waals surface area contributed by atoms with E-state index in [1.807, 2.05) is 0 Å². The Morgan fingerprint density at radius 2 is 2.05 bits per heavy atom. The minimum atomic E-state index is -0.625. The number of carbonyl (C=O) groups is 2. The van der Waals surface area contributed by atoms with Crippen molar-refractivity contribution in [3.63, 3.8) is 0 Å². The molecule has 1 saturated carbocycles. The van der Waals surface area contributed by atoms with Gasteiger partial charge in [-0.15, -0.1) is 0 Å². The first-order valence-electron chi connectivity index (χ1n) is 6.85. The third-order valence-electron chi connectivity index (χ3n) is 3.84. The zero-order valence-electron chi connectivity index (χ0n) is 11.5. The Kier molecular flexibility index (Phi) is 3.12. The number of anilines is 1. The third kappa shape index (κ3) is 2.46. The molecule has 0 aromatic heterocycles. The summed E-state index contributed by atoms with van der Waals surface area (Å²) in [5, 5.41) is 13.9. The van der Waals surface area contributed by atoms with Crippen LogP contribution in [0, 0.1) is 17.0 Å². The van der Waals surface area contributed by atoms with E-state index in [1.54, 1.807) is 19.1 Å². The number of nitrogens with zero attached hydrogens (tertiary/aromatic N) is 2. The molecule has 1 N–H and O–H groups in total. The highest BCUT2D eigenvalue weighted by Gasteiger charge is 2.46. The molecule has 2 fully saturated rings. The van der Waals surface area contributed by atoms with E-state index in [0.717, 1.165) is 12.8 Å². The summed E-state index contributed by atoms with van der Waals surface area (Å²) in [6, 6.07) is 4.14. The van der Waals surface area contributed by atoms with Crippen molar-refractivity contribution in [2.75, 3.05) is 5.32 Å². The maximum atomic E-state index is 12.2. The van der Waals surface area contributed by atoms with Gasteiger partial charge in [0, 0.05) is 23.4 Å². The zero-order valence-corrected chi connectivity index (χ0v) is 11.5. The van der Waals surface area contributed by atoms with Gasteiger partial charge in [0.05, 0.1) is 11.3 Å². The molecule has 0 radical (unpaired) electrons. The van der Waals surface area contributed by atoms with Crippen LogP contribution in [0.1, 0.15) is 24.8 Å². The van der Waals surface area contributed by atoms with Gasteiger partial charge in [-0.05, 0) is 25.8 Å². The summed E-state index contributed by atoms with van der Waals surface area (Å²) in [7, 11) is 0. The Balaban J connectivity index is 1.78. The number of rotatable bonds is 4. The van der Waals surface area contributed by atoms with Crippen LogP contribution in [-0.4, -0.2) is 33.7 Å². The molecule has 1 saturated heterocycles. The number of likely N-dealkylation sites (tertiary alicyclic amines) is 1. The number of benzene rings is 1. The lowest BCUT2D eigenvalue weighted by Gasteiger charge is -2.15. The normalized spacial score (nSPS) is 21.8. The lowest BCUT2D eigenvalue weighted by atomic mass is 10.1. The van der Waals surface area contributed by atoms with Crippen molar-refractivity contribution in [3.8, 4) is 0 Å². The molecule has 3 rings (SSSR count). The standard InChI is InChI=1S/C14H15N3O4/c1-8-2-3-9(6-12(8)17(20)21)15-11-7-13(18)16(14(11)19)10-4-5-10/h2-3,6,10-11,15H,4-5,7H2,1H3. The van der Waals surface area contributed by atoms with Crippen LogP contribution in [0.25, 0.3) is 0 Å². The summed E-state index contributed by atoms with van der Waals surface area (Å²) in [6.07, 6.45) is 1.86. The van der Waals surface area contributed by atoms with Gasteiger partial charge in [-0.2, -0.15) is 0 Å². The van der Waals surface area contributed by atoms with Crippen molar-refractivity contribution < 1.29 is 14.5 Å². The number of amides is 2. The van der Waals surface area contributed by atoms with Gasteiger partial charge in [0.25, 0.3) is 11.6 Å². The lowest BCUT2D eigenvalue weighted by Crippen LogP contribution is -2.36. The van der Waals surface area contributed by atoms with Gasteiger partial charge in [0.2, 0.25) is 5.91 Å². The van der Waals surface area contributed by atoms with Crippen LogP contribution >= 0.6 is 0 Å². The number of imide groups is 1. The molecule has 7 nitrogen and oxygen atoms in total. The molecule has 2 aliphatic rings. The zero-order chi connectivity index (χ0) is 15.1. The molecule has 21 heavy (non-hydrogen) atoms. The highest BCUT2D eigenvalue weighted by Crippen LogP contribution is 2.32. The summed E-state index contributed by atoms with van der Waals surface area (Å²) < 4.78 is 0. The van der Waals surface area contributed by atoms with Gasteiger partial charge in [0.1, 0.15) is 6.04 Å². The van der Waals surface area contributed by atoms with Crippen molar-refractivity contribution in [1.82, 2.24) is 4.90 Å². The van der Waals surface area contributed by atoms with Crippen LogP contribution in [0.2, 0.25) is 0 Å². The molecule has 0 spiro atoms. The number of nitrogens with one attached hydrogen (secondary N) is 1. The third-order valence-corrected chi connectivity index (χ3v) is 3.84. The molecule has 7 heteroatoms. The Hall–Kier alpha value is -2.44. The predicted molar refractivity (Wildman–Crippen MR) is 74.7 cm³/mol. The van der Waals surface area contributed by atoms with Crippen LogP contribution in [0.4, 0.5) is 11.4 Å². The van der Waals surface area contributed by atoms with Crippen molar-refractivity contribution in [2.45, 2.75) is 38.3 Å². The first-order valence-corrected chi connectivity index (χ1v) is 6.85. The van der Waals surface area contributed by atoms with Gasteiger partial charge in [-0.3, -0.25) is 24.6 Å². The minimum Gasteiger partial charge on any atom is -0.373 e. The van der Waals surface area contributed by atoms with Crippen molar-refractivity contribution in [2.24, 2.45) is 0 Å². The maximum absolute atomic E-state index is 12.2. The van der Waals surface area contributed by atoms with Gasteiger partial charge >= 0.3 is 0 Å². The minimum absolute atomic E-state index is 0.00387. The molecule has 2 amide bonds. The van der Waals surface area contributed by atoms with Crippen LogP contribution in [0.3, 0.4) is 0 Å². The van der Waals surface area contributed by atoms with Gasteiger partial charge < -0.3 is 5.32 Å². The van der Waals surface area contributed by atoms with E-state index in [-0.39, 0.29) is 30.0 Å². The summed E-state index contributed by atoms with van der Waals surface area (Å²) in [5.74, 6) is -0.396. The first-order chi connectivity index (χ1) is 9.97. The quantitative estimate of drug-likeness (QED) is 0.516.